The van der Waals surface area contributed by atoms with Crippen LogP contribution in [0.5, 0.6) is 0 Å². The van der Waals surface area contributed by atoms with Crippen LogP contribution < -0.4 is 5.32 Å². The molecule has 1 heterocycles. The minimum absolute atomic E-state index is 0.362. The van der Waals surface area contributed by atoms with Crippen molar-refractivity contribution in [1.29, 1.82) is 0 Å². The molecule has 1 aliphatic carbocycles. The van der Waals surface area contributed by atoms with Gasteiger partial charge in [-0.25, -0.2) is 0 Å². The van der Waals surface area contributed by atoms with Gasteiger partial charge in [0.05, 0.1) is 0 Å². The van der Waals surface area contributed by atoms with Crippen LogP contribution in [0.25, 0.3) is 0 Å². The molecule has 18 heavy (non-hydrogen) atoms. The number of rotatable bonds is 5. The summed E-state index contributed by atoms with van der Waals surface area (Å²) in [5, 5.41) is 12.6. The lowest BCUT2D eigenvalue weighted by molar-refractivity contribution is 0.214. The molecule has 1 saturated carbocycles. The predicted octanol–water partition coefficient (Wildman–Crippen LogP) is 1.86. The molecule has 3 unspecified atom stereocenters. The van der Waals surface area contributed by atoms with Crippen LogP contribution in [0.15, 0.2) is 0 Å². The highest BCUT2D eigenvalue weighted by Crippen LogP contribution is 2.27. The largest absolute Gasteiger partial charge is 0.396 e. The highest BCUT2D eigenvalue weighted by atomic mass is 16.3. The normalized spacial score (nSPS) is 34.7. The van der Waals surface area contributed by atoms with Gasteiger partial charge in [0.2, 0.25) is 0 Å². The average molecular weight is 254 g/mol. The molecule has 1 aliphatic heterocycles. The maximum Gasteiger partial charge on any atom is 0.0434 e. The van der Waals surface area contributed by atoms with Gasteiger partial charge in [-0.15, -0.1) is 0 Å². The van der Waals surface area contributed by atoms with Crippen LogP contribution >= 0.6 is 0 Å². The van der Waals surface area contributed by atoms with Crippen molar-refractivity contribution in [2.24, 2.45) is 11.8 Å². The molecule has 0 amide bonds. The summed E-state index contributed by atoms with van der Waals surface area (Å²) in [6.07, 6.45) is 9.27. The van der Waals surface area contributed by atoms with Crippen molar-refractivity contribution in [3.63, 3.8) is 0 Å². The summed E-state index contributed by atoms with van der Waals surface area (Å²) >= 11 is 0. The molecule has 2 rings (SSSR count). The van der Waals surface area contributed by atoms with Gasteiger partial charge >= 0.3 is 0 Å². The Morgan fingerprint density at radius 1 is 1.17 bits per heavy atom. The smallest absolute Gasteiger partial charge is 0.0434 e. The van der Waals surface area contributed by atoms with Crippen molar-refractivity contribution >= 4 is 0 Å². The molecule has 0 aromatic rings. The second-order valence-corrected chi connectivity index (χ2v) is 6.22. The minimum atomic E-state index is 0.362. The lowest BCUT2D eigenvalue weighted by Gasteiger charge is -2.29. The Bertz CT molecular complexity index is 235. The van der Waals surface area contributed by atoms with E-state index >= 15 is 0 Å². The average Bonchev–Trinajstić information content (AvgIpc) is 2.69. The first-order chi connectivity index (χ1) is 8.83. The summed E-state index contributed by atoms with van der Waals surface area (Å²) in [4.78, 5) is 2.64. The Balaban J connectivity index is 1.80. The maximum atomic E-state index is 9.02. The Morgan fingerprint density at radius 2 is 2.00 bits per heavy atom. The number of hydrogen-bond acceptors (Lipinski definition) is 3. The van der Waals surface area contributed by atoms with E-state index in [0.717, 1.165) is 24.3 Å². The second-order valence-electron chi connectivity index (χ2n) is 6.22. The van der Waals surface area contributed by atoms with Crippen LogP contribution in [0.3, 0.4) is 0 Å². The van der Waals surface area contributed by atoms with Gasteiger partial charge in [0.25, 0.3) is 0 Å². The predicted molar refractivity (Wildman–Crippen MR) is 75.7 cm³/mol. The van der Waals surface area contributed by atoms with E-state index in [2.05, 4.69) is 17.3 Å². The fourth-order valence-electron chi connectivity index (χ4n) is 3.81. The first kappa shape index (κ1) is 14.3. The van der Waals surface area contributed by atoms with Crippen molar-refractivity contribution in [3.05, 3.63) is 0 Å². The Labute approximate surface area is 112 Å². The molecule has 3 heteroatoms. The number of aliphatic hydroxyl groups excluding tert-OH is 1. The molecular weight excluding hydrogens is 224 g/mol. The first-order valence-corrected chi connectivity index (χ1v) is 7.84. The molecule has 1 saturated heterocycles. The SMILES string of the molecule is CNC1CCCCCC1CN1CCC(CCO)C1. The minimum Gasteiger partial charge on any atom is -0.396 e. The number of nitrogens with zero attached hydrogens (tertiary/aromatic N) is 1. The van der Waals surface area contributed by atoms with Gasteiger partial charge in [-0.2, -0.15) is 0 Å². The van der Waals surface area contributed by atoms with Crippen molar-refractivity contribution in [2.75, 3.05) is 33.3 Å². The van der Waals surface area contributed by atoms with Gasteiger partial charge in [-0.3, -0.25) is 0 Å². The van der Waals surface area contributed by atoms with Gasteiger partial charge in [0, 0.05) is 25.7 Å². The first-order valence-electron chi connectivity index (χ1n) is 7.84. The van der Waals surface area contributed by atoms with E-state index in [1.165, 1.54) is 58.2 Å². The van der Waals surface area contributed by atoms with Gasteiger partial charge in [0.1, 0.15) is 0 Å². The summed E-state index contributed by atoms with van der Waals surface area (Å²) < 4.78 is 0. The molecule has 0 aromatic carbocycles. The van der Waals surface area contributed by atoms with Gasteiger partial charge in [-0.1, -0.05) is 19.3 Å². The van der Waals surface area contributed by atoms with Gasteiger partial charge in [-0.05, 0) is 51.1 Å². The van der Waals surface area contributed by atoms with Crippen LogP contribution in [0.4, 0.5) is 0 Å². The molecule has 0 spiro atoms. The number of likely N-dealkylation sites (tertiary alicyclic amines) is 1. The molecule has 0 aromatic heterocycles. The second kappa shape index (κ2) is 7.46. The zero-order valence-electron chi connectivity index (χ0n) is 11.9. The third kappa shape index (κ3) is 3.94. The van der Waals surface area contributed by atoms with Crippen molar-refractivity contribution in [1.82, 2.24) is 10.2 Å². The molecule has 2 fully saturated rings. The van der Waals surface area contributed by atoms with Crippen LogP contribution in [0, 0.1) is 11.8 Å². The molecule has 2 aliphatic rings. The molecule has 0 radical (unpaired) electrons. The van der Waals surface area contributed by atoms with Crippen LogP contribution in [-0.4, -0.2) is 49.3 Å². The zero-order chi connectivity index (χ0) is 12.8. The van der Waals surface area contributed by atoms with E-state index in [9.17, 15) is 0 Å². The van der Waals surface area contributed by atoms with E-state index in [0.29, 0.717) is 6.61 Å². The van der Waals surface area contributed by atoms with Gasteiger partial charge in [0.15, 0.2) is 0 Å². The van der Waals surface area contributed by atoms with E-state index in [1.54, 1.807) is 0 Å². The fourth-order valence-corrected chi connectivity index (χ4v) is 3.81. The molecule has 3 atom stereocenters. The van der Waals surface area contributed by atoms with E-state index < -0.39 is 0 Å². The maximum absolute atomic E-state index is 9.02. The lowest BCUT2D eigenvalue weighted by atomic mass is 9.94. The summed E-state index contributed by atoms with van der Waals surface area (Å²) in [6, 6.07) is 0.726. The standard InChI is InChI=1S/C15H30N2O/c1-16-15-6-4-2-3-5-14(15)12-17-9-7-13(11-17)8-10-18/h13-16,18H,2-12H2,1H3. The lowest BCUT2D eigenvalue weighted by Crippen LogP contribution is -2.39. The zero-order valence-corrected chi connectivity index (χ0v) is 11.9. The number of nitrogens with one attached hydrogen (secondary N) is 1. The van der Waals surface area contributed by atoms with Crippen LogP contribution in [-0.2, 0) is 0 Å². The molecule has 3 nitrogen and oxygen atoms in total. The topological polar surface area (TPSA) is 35.5 Å². The highest BCUT2D eigenvalue weighted by molar-refractivity contribution is 4.84. The monoisotopic (exact) mass is 254 g/mol. The molecule has 106 valence electrons. The number of hydrogen-bond donors (Lipinski definition) is 2. The van der Waals surface area contributed by atoms with Crippen LogP contribution in [0.1, 0.15) is 44.9 Å². The summed E-state index contributed by atoms with van der Waals surface area (Å²) in [5.41, 5.74) is 0. The van der Waals surface area contributed by atoms with Crippen molar-refractivity contribution in [3.8, 4) is 0 Å². The molecule has 2 N–H and O–H groups in total. The fraction of sp³-hybridized carbons (Fsp3) is 1.00. The Hall–Kier alpha value is -0.120. The summed E-state index contributed by atoms with van der Waals surface area (Å²) in [7, 11) is 2.13. The molecule has 0 bridgehead atoms. The Morgan fingerprint density at radius 3 is 2.78 bits per heavy atom. The third-order valence-electron chi connectivity index (χ3n) is 4.93. The number of aliphatic hydroxyl groups is 1. The van der Waals surface area contributed by atoms with Crippen molar-refractivity contribution in [2.45, 2.75) is 51.0 Å². The van der Waals surface area contributed by atoms with E-state index in [4.69, 9.17) is 5.11 Å². The Kier molecular flexibility index (Phi) is 5.93. The van der Waals surface area contributed by atoms with Crippen molar-refractivity contribution < 1.29 is 5.11 Å². The highest BCUT2D eigenvalue weighted by Gasteiger charge is 2.28. The molecular formula is C15H30N2O. The quantitative estimate of drug-likeness (QED) is 0.735. The third-order valence-corrected chi connectivity index (χ3v) is 4.93. The van der Waals surface area contributed by atoms with Gasteiger partial charge < -0.3 is 15.3 Å². The summed E-state index contributed by atoms with van der Waals surface area (Å²) in [5.74, 6) is 1.58. The van der Waals surface area contributed by atoms with E-state index in [1.807, 2.05) is 0 Å². The summed E-state index contributed by atoms with van der Waals surface area (Å²) in [6.45, 7) is 4.10. The van der Waals surface area contributed by atoms with Crippen LogP contribution in [0.2, 0.25) is 0 Å². The van der Waals surface area contributed by atoms with E-state index in [-0.39, 0.29) is 0 Å².